The highest BCUT2D eigenvalue weighted by atomic mass is 32.1. The van der Waals surface area contributed by atoms with E-state index >= 15 is 0 Å². The van der Waals surface area contributed by atoms with Gasteiger partial charge in [0, 0.05) is 41.7 Å². The van der Waals surface area contributed by atoms with E-state index in [9.17, 15) is 0 Å². The van der Waals surface area contributed by atoms with Crippen LogP contribution in [0.25, 0.3) is 17.0 Å². The third kappa shape index (κ3) is 4.94. The maximum Gasteiger partial charge on any atom is 0.173 e. The molecule has 1 N–H and O–H groups in total. The number of aromatic nitrogens is 2. The number of thiocarbonyl (C=S) groups is 1. The van der Waals surface area contributed by atoms with Gasteiger partial charge in [0.15, 0.2) is 10.9 Å². The summed E-state index contributed by atoms with van der Waals surface area (Å²) in [4.78, 5) is 7.19. The van der Waals surface area contributed by atoms with Gasteiger partial charge >= 0.3 is 0 Å². The Hall–Kier alpha value is -2.77. The molecule has 33 heavy (non-hydrogen) atoms. The summed E-state index contributed by atoms with van der Waals surface area (Å²) < 4.78 is 5.59. The van der Waals surface area contributed by atoms with E-state index < -0.39 is 0 Å². The first kappa shape index (κ1) is 22.0. The van der Waals surface area contributed by atoms with Crippen molar-refractivity contribution in [3.8, 4) is 11.4 Å². The summed E-state index contributed by atoms with van der Waals surface area (Å²) in [5, 5.41) is 11.8. The second-order valence-corrected chi connectivity index (χ2v) is 10.1. The van der Waals surface area contributed by atoms with Crippen LogP contribution in [0.3, 0.4) is 0 Å². The van der Waals surface area contributed by atoms with Crippen LogP contribution in [0.4, 0.5) is 5.69 Å². The van der Waals surface area contributed by atoms with Crippen molar-refractivity contribution >= 4 is 39.9 Å². The molecule has 2 aliphatic rings. The molecule has 0 unspecified atom stereocenters. The molecule has 1 aliphatic carbocycles. The van der Waals surface area contributed by atoms with Crippen molar-refractivity contribution in [3.05, 3.63) is 69.8 Å². The summed E-state index contributed by atoms with van der Waals surface area (Å²) in [6.07, 6.45) is 10.7. The molecule has 1 fully saturated rings. The van der Waals surface area contributed by atoms with E-state index in [2.05, 4.69) is 71.0 Å². The second kappa shape index (κ2) is 9.61. The molecule has 0 atom stereocenters. The monoisotopic (exact) mass is 476 g/mol. The zero-order valence-electron chi connectivity index (χ0n) is 19.0. The number of likely N-dealkylation sites (tertiary alicyclic amines) is 1. The first-order chi connectivity index (χ1) is 16.1. The summed E-state index contributed by atoms with van der Waals surface area (Å²) >= 11 is 7.44. The van der Waals surface area contributed by atoms with Crippen molar-refractivity contribution in [1.29, 1.82) is 0 Å². The topological polar surface area (TPSA) is 54.2 Å². The standard InChI is InChI=1S/C26H28N4OS2/c1-17-8-9-18(2)21(14-17)28-26(32)30-12-10-20(11-13-30)25-27-23(16-33-25)22-15-24(31-29-22)19-6-4-3-5-7-19/h4,6-9,14-16,20H,3,5,10-13H2,1-2H3,(H,28,32). The summed E-state index contributed by atoms with van der Waals surface area (Å²) in [7, 11) is 0. The largest absolute Gasteiger partial charge is 0.356 e. The smallest absolute Gasteiger partial charge is 0.173 e. The van der Waals surface area contributed by atoms with Crippen LogP contribution in [0, 0.1) is 13.8 Å². The van der Waals surface area contributed by atoms with E-state index in [1.807, 2.05) is 6.07 Å². The van der Waals surface area contributed by atoms with Crippen LogP contribution in [0.2, 0.25) is 0 Å². The molecule has 0 amide bonds. The van der Waals surface area contributed by atoms with Gasteiger partial charge in [-0.3, -0.25) is 0 Å². The minimum Gasteiger partial charge on any atom is -0.356 e. The molecule has 3 heterocycles. The third-order valence-electron chi connectivity index (χ3n) is 6.34. The summed E-state index contributed by atoms with van der Waals surface area (Å²) in [5.41, 5.74) is 6.35. The molecule has 1 saturated heterocycles. The maximum absolute atomic E-state index is 5.71. The molecule has 170 valence electrons. The molecule has 1 aliphatic heterocycles. The SMILES string of the molecule is Cc1ccc(C)c(NC(=S)N2CCC(c3nc(-c4cc(C5=CCCC=C5)on4)cs3)CC2)c1. The number of rotatable bonds is 4. The van der Waals surface area contributed by atoms with Crippen molar-refractivity contribution in [1.82, 2.24) is 15.0 Å². The number of benzene rings is 1. The van der Waals surface area contributed by atoms with Gasteiger partial charge < -0.3 is 14.7 Å². The van der Waals surface area contributed by atoms with E-state index in [1.165, 1.54) is 16.1 Å². The van der Waals surface area contributed by atoms with Gasteiger partial charge in [-0.05, 0) is 68.9 Å². The quantitative estimate of drug-likeness (QED) is 0.422. The molecule has 0 saturated carbocycles. The van der Waals surface area contributed by atoms with Crippen LogP contribution >= 0.6 is 23.6 Å². The highest BCUT2D eigenvalue weighted by molar-refractivity contribution is 7.80. The van der Waals surface area contributed by atoms with Crippen LogP contribution in [-0.4, -0.2) is 33.2 Å². The molecule has 7 heteroatoms. The Morgan fingerprint density at radius 3 is 2.79 bits per heavy atom. The molecule has 0 bridgehead atoms. The van der Waals surface area contributed by atoms with E-state index in [4.69, 9.17) is 21.7 Å². The van der Waals surface area contributed by atoms with Gasteiger partial charge in [0.2, 0.25) is 0 Å². The normalized spacial score (nSPS) is 16.7. The van der Waals surface area contributed by atoms with Crippen LogP contribution in [-0.2, 0) is 0 Å². The number of hydrogen-bond acceptors (Lipinski definition) is 5. The number of thiazole rings is 1. The summed E-state index contributed by atoms with van der Waals surface area (Å²) in [6.45, 7) is 6.08. The Labute approximate surface area is 204 Å². The fraction of sp³-hybridized carbons (Fsp3) is 0.346. The average Bonchev–Trinajstić information content (AvgIpc) is 3.52. The first-order valence-corrected chi connectivity index (χ1v) is 12.8. The molecule has 2 aromatic heterocycles. The predicted molar refractivity (Wildman–Crippen MR) is 140 cm³/mol. The summed E-state index contributed by atoms with van der Waals surface area (Å²) in [6, 6.07) is 8.41. The Morgan fingerprint density at radius 1 is 1.15 bits per heavy atom. The highest BCUT2D eigenvalue weighted by Crippen LogP contribution is 2.34. The first-order valence-electron chi connectivity index (χ1n) is 11.5. The fourth-order valence-electron chi connectivity index (χ4n) is 4.32. The Morgan fingerprint density at radius 2 is 2.00 bits per heavy atom. The van der Waals surface area contributed by atoms with Gasteiger partial charge in [0.25, 0.3) is 0 Å². The maximum atomic E-state index is 5.71. The van der Waals surface area contributed by atoms with Gasteiger partial charge in [-0.15, -0.1) is 11.3 Å². The number of anilines is 1. The molecular weight excluding hydrogens is 448 g/mol. The minimum atomic E-state index is 0.457. The van der Waals surface area contributed by atoms with Crippen molar-refractivity contribution in [2.24, 2.45) is 0 Å². The highest BCUT2D eigenvalue weighted by Gasteiger charge is 2.25. The van der Waals surface area contributed by atoms with E-state index in [-0.39, 0.29) is 0 Å². The molecular formula is C26H28N4OS2. The molecule has 3 aromatic rings. The lowest BCUT2D eigenvalue weighted by Gasteiger charge is -2.33. The van der Waals surface area contributed by atoms with Crippen LogP contribution in [0.15, 0.2) is 52.4 Å². The Kier molecular flexibility index (Phi) is 6.42. The number of nitrogens with zero attached hydrogens (tertiary/aromatic N) is 3. The molecule has 1 aromatic carbocycles. The van der Waals surface area contributed by atoms with E-state index in [1.54, 1.807) is 11.3 Å². The predicted octanol–water partition coefficient (Wildman–Crippen LogP) is 6.72. The van der Waals surface area contributed by atoms with Crippen molar-refractivity contribution < 1.29 is 4.52 Å². The molecule has 0 spiro atoms. The van der Waals surface area contributed by atoms with E-state index in [0.29, 0.717) is 5.92 Å². The molecule has 5 rings (SSSR count). The van der Waals surface area contributed by atoms with Crippen molar-refractivity contribution in [2.75, 3.05) is 18.4 Å². The van der Waals surface area contributed by atoms with Gasteiger partial charge in [0.05, 0.1) is 5.01 Å². The Balaban J connectivity index is 1.19. The van der Waals surface area contributed by atoms with Crippen molar-refractivity contribution in [3.63, 3.8) is 0 Å². The van der Waals surface area contributed by atoms with Crippen LogP contribution < -0.4 is 5.32 Å². The molecule has 5 nitrogen and oxygen atoms in total. The summed E-state index contributed by atoms with van der Waals surface area (Å²) in [5.74, 6) is 1.27. The van der Waals surface area contributed by atoms with Gasteiger partial charge in [0.1, 0.15) is 11.4 Å². The fourth-order valence-corrected chi connectivity index (χ4v) is 5.59. The number of aryl methyl sites for hydroxylation is 2. The van der Waals surface area contributed by atoms with Gasteiger partial charge in [-0.2, -0.15) is 0 Å². The van der Waals surface area contributed by atoms with Gasteiger partial charge in [-0.25, -0.2) is 4.98 Å². The van der Waals surface area contributed by atoms with E-state index in [0.717, 1.165) is 72.3 Å². The molecule has 0 radical (unpaired) electrons. The van der Waals surface area contributed by atoms with Crippen LogP contribution in [0.5, 0.6) is 0 Å². The average molecular weight is 477 g/mol. The lowest BCUT2D eigenvalue weighted by molar-refractivity contribution is 0.316. The van der Waals surface area contributed by atoms with Crippen LogP contribution in [0.1, 0.15) is 53.5 Å². The Bertz CT molecular complexity index is 1210. The second-order valence-electron chi connectivity index (χ2n) is 8.80. The zero-order valence-corrected chi connectivity index (χ0v) is 20.6. The lowest BCUT2D eigenvalue weighted by Crippen LogP contribution is -2.40. The number of piperidine rings is 1. The number of allylic oxidation sites excluding steroid dienone is 4. The van der Waals surface area contributed by atoms with Crippen molar-refractivity contribution in [2.45, 2.75) is 45.4 Å². The minimum absolute atomic E-state index is 0.457. The third-order valence-corrected chi connectivity index (χ3v) is 7.71. The number of hydrogen-bond donors (Lipinski definition) is 1. The zero-order chi connectivity index (χ0) is 22.8. The number of nitrogens with one attached hydrogen (secondary N) is 1. The van der Waals surface area contributed by atoms with Gasteiger partial charge in [-0.1, -0.05) is 35.5 Å². The lowest BCUT2D eigenvalue weighted by atomic mass is 9.98.